The van der Waals surface area contributed by atoms with Gasteiger partial charge in [-0.15, -0.1) is 5.10 Å². The quantitative estimate of drug-likeness (QED) is 0.489. The number of ketones is 1. The lowest BCUT2D eigenvalue weighted by molar-refractivity contribution is -0.137. The summed E-state index contributed by atoms with van der Waals surface area (Å²) in [5.74, 6) is 0.265. The number of benzene rings is 1. The standard InChI is InChI=1S/C18H15ClN4O3S/c1-26-16(25)9-27-18-21-17-20-14-6-11(10-2-4-12(19)5-3-10)7-15(24)13(14)8-23(17)22-18/h2-5,8,11H,6-7,9H2,1H3/t11-/m0/s1. The monoisotopic (exact) mass is 402 g/mol. The molecule has 1 aliphatic rings. The van der Waals surface area contributed by atoms with Crippen LogP contribution in [-0.4, -0.2) is 44.2 Å². The summed E-state index contributed by atoms with van der Waals surface area (Å²) in [7, 11) is 1.33. The van der Waals surface area contributed by atoms with Gasteiger partial charge in [0.15, 0.2) is 5.78 Å². The van der Waals surface area contributed by atoms with Gasteiger partial charge in [-0.3, -0.25) is 9.59 Å². The number of halogens is 1. The van der Waals surface area contributed by atoms with Gasteiger partial charge in [-0.25, -0.2) is 9.50 Å². The molecule has 7 nitrogen and oxygen atoms in total. The summed E-state index contributed by atoms with van der Waals surface area (Å²) in [6.45, 7) is 0. The van der Waals surface area contributed by atoms with Crippen molar-refractivity contribution in [3.63, 3.8) is 0 Å². The number of rotatable bonds is 4. The van der Waals surface area contributed by atoms with Crippen molar-refractivity contribution in [1.82, 2.24) is 19.6 Å². The number of thioether (sulfide) groups is 1. The molecule has 3 aromatic rings. The molecule has 0 unspecified atom stereocenters. The summed E-state index contributed by atoms with van der Waals surface area (Å²) in [6.07, 6.45) is 2.74. The molecule has 0 amide bonds. The fourth-order valence-corrected chi connectivity index (χ4v) is 3.86. The number of aromatic nitrogens is 4. The maximum Gasteiger partial charge on any atom is 0.316 e. The van der Waals surface area contributed by atoms with E-state index in [0.29, 0.717) is 34.4 Å². The number of hydrogen-bond donors (Lipinski definition) is 0. The van der Waals surface area contributed by atoms with Gasteiger partial charge in [0.1, 0.15) is 0 Å². The molecular weight excluding hydrogens is 388 g/mol. The van der Waals surface area contributed by atoms with Crippen LogP contribution in [0.2, 0.25) is 5.02 Å². The maximum absolute atomic E-state index is 12.6. The van der Waals surface area contributed by atoms with E-state index in [1.165, 1.54) is 23.4 Å². The molecule has 138 valence electrons. The molecule has 1 atom stereocenters. The van der Waals surface area contributed by atoms with E-state index in [2.05, 4.69) is 19.8 Å². The molecule has 4 rings (SSSR count). The first-order valence-corrected chi connectivity index (χ1v) is 9.64. The van der Waals surface area contributed by atoms with Crippen LogP contribution < -0.4 is 0 Å². The lowest BCUT2D eigenvalue weighted by Gasteiger charge is -2.23. The zero-order valence-corrected chi connectivity index (χ0v) is 16.0. The van der Waals surface area contributed by atoms with Gasteiger partial charge < -0.3 is 4.74 Å². The van der Waals surface area contributed by atoms with Crippen LogP contribution in [0.4, 0.5) is 0 Å². The largest absolute Gasteiger partial charge is 0.468 e. The van der Waals surface area contributed by atoms with E-state index in [9.17, 15) is 9.59 Å². The Hall–Kier alpha value is -2.45. The smallest absolute Gasteiger partial charge is 0.316 e. The number of carbonyl (C=O) groups is 2. The van der Waals surface area contributed by atoms with E-state index in [1.54, 1.807) is 6.20 Å². The van der Waals surface area contributed by atoms with Crippen molar-refractivity contribution < 1.29 is 14.3 Å². The molecule has 0 radical (unpaired) electrons. The van der Waals surface area contributed by atoms with Crippen molar-refractivity contribution in [2.45, 2.75) is 23.9 Å². The molecule has 0 bridgehead atoms. The number of Topliss-reactive ketones (excluding diaryl/α,β-unsaturated/α-hetero) is 1. The molecular formula is C18H15ClN4O3S. The highest BCUT2D eigenvalue weighted by molar-refractivity contribution is 7.99. The van der Waals surface area contributed by atoms with Crippen molar-refractivity contribution >= 4 is 40.9 Å². The zero-order valence-electron chi connectivity index (χ0n) is 14.4. The van der Waals surface area contributed by atoms with Crippen LogP contribution in [0, 0.1) is 0 Å². The van der Waals surface area contributed by atoms with Crippen LogP contribution >= 0.6 is 23.4 Å². The van der Waals surface area contributed by atoms with Gasteiger partial charge in [-0.05, 0) is 30.0 Å². The van der Waals surface area contributed by atoms with E-state index >= 15 is 0 Å². The number of nitrogens with zero attached hydrogens (tertiary/aromatic N) is 4. The molecule has 9 heteroatoms. The van der Waals surface area contributed by atoms with Gasteiger partial charge in [-0.2, -0.15) is 4.98 Å². The molecule has 0 saturated carbocycles. The van der Waals surface area contributed by atoms with Gasteiger partial charge in [0.05, 0.1) is 24.1 Å². The lowest BCUT2D eigenvalue weighted by atomic mass is 9.82. The highest BCUT2D eigenvalue weighted by Gasteiger charge is 2.28. The van der Waals surface area contributed by atoms with Crippen molar-refractivity contribution in [3.8, 4) is 0 Å². The van der Waals surface area contributed by atoms with Crippen molar-refractivity contribution in [3.05, 3.63) is 52.3 Å². The molecule has 0 aliphatic heterocycles. The Labute approximate surface area is 164 Å². The van der Waals surface area contributed by atoms with Crippen LogP contribution in [0.25, 0.3) is 5.78 Å². The normalized spacial score (nSPS) is 16.4. The second-order valence-corrected chi connectivity index (χ2v) is 7.56. The van der Waals surface area contributed by atoms with Crippen LogP contribution in [0.1, 0.15) is 34.0 Å². The Morgan fingerprint density at radius 3 is 2.81 bits per heavy atom. The minimum Gasteiger partial charge on any atom is -0.468 e. The van der Waals surface area contributed by atoms with Crippen LogP contribution in [-0.2, 0) is 16.0 Å². The summed E-state index contributed by atoms with van der Waals surface area (Å²) in [5.41, 5.74) is 2.36. The van der Waals surface area contributed by atoms with E-state index < -0.39 is 0 Å². The second kappa shape index (κ2) is 7.28. The molecule has 1 aromatic carbocycles. The fraction of sp³-hybridized carbons (Fsp3) is 0.278. The average Bonchev–Trinajstić information content (AvgIpc) is 3.07. The lowest BCUT2D eigenvalue weighted by Crippen LogP contribution is -2.21. The number of carbonyl (C=O) groups excluding carboxylic acids is 2. The van der Waals surface area contributed by atoms with Gasteiger partial charge in [0.25, 0.3) is 5.78 Å². The van der Waals surface area contributed by atoms with E-state index in [0.717, 1.165) is 11.3 Å². The minimum absolute atomic E-state index is 0.0323. The van der Waals surface area contributed by atoms with Gasteiger partial charge >= 0.3 is 5.97 Å². The Morgan fingerprint density at radius 2 is 2.07 bits per heavy atom. The van der Waals surface area contributed by atoms with Crippen LogP contribution in [0.3, 0.4) is 0 Å². The number of fused-ring (bicyclic) bond motifs is 2. The Bertz CT molecular complexity index is 1040. The first-order chi connectivity index (χ1) is 13.0. The summed E-state index contributed by atoms with van der Waals surface area (Å²) >= 11 is 7.12. The van der Waals surface area contributed by atoms with Crippen molar-refractivity contribution in [2.75, 3.05) is 12.9 Å². The van der Waals surface area contributed by atoms with Gasteiger partial charge in [0, 0.05) is 17.6 Å². The third-order valence-corrected chi connectivity index (χ3v) is 5.51. The Balaban J connectivity index is 1.62. The Morgan fingerprint density at radius 1 is 1.30 bits per heavy atom. The summed E-state index contributed by atoms with van der Waals surface area (Å²) in [4.78, 5) is 32.8. The number of methoxy groups -OCH3 is 1. The molecule has 1 aliphatic carbocycles. The average molecular weight is 403 g/mol. The first kappa shape index (κ1) is 17.9. The van der Waals surface area contributed by atoms with Crippen LogP contribution in [0.5, 0.6) is 0 Å². The van der Waals surface area contributed by atoms with E-state index in [1.807, 2.05) is 24.3 Å². The third-order valence-electron chi connectivity index (χ3n) is 4.45. The maximum atomic E-state index is 12.6. The third kappa shape index (κ3) is 3.68. The predicted octanol–water partition coefficient (Wildman–Crippen LogP) is 2.96. The minimum atomic E-state index is -0.355. The molecule has 2 heterocycles. The summed E-state index contributed by atoms with van der Waals surface area (Å²) in [6, 6.07) is 7.55. The molecule has 27 heavy (non-hydrogen) atoms. The van der Waals surface area contributed by atoms with E-state index in [4.69, 9.17) is 11.6 Å². The topological polar surface area (TPSA) is 86.4 Å². The molecule has 2 aromatic heterocycles. The van der Waals surface area contributed by atoms with E-state index in [-0.39, 0.29) is 23.4 Å². The number of hydrogen-bond acceptors (Lipinski definition) is 7. The summed E-state index contributed by atoms with van der Waals surface area (Å²) in [5, 5.41) is 5.36. The second-order valence-electron chi connectivity index (χ2n) is 6.18. The summed E-state index contributed by atoms with van der Waals surface area (Å²) < 4.78 is 6.10. The number of ether oxygens (including phenoxy) is 1. The van der Waals surface area contributed by atoms with Gasteiger partial charge in [-0.1, -0.05) is 35.5 Å². The molecule has 0 saturated heterocycles. The molecule has 0 N–H and O–H groups in total. The van der Waals surface area contributed by atoms with Gasteiger partial charge in [0.2, 0.25) is 5.16 Å². The zero-order chi connectivity index (χ0) is 19.0. The van der Waals surface area contributed by atoms with Crippen molar-refractivity contribution in [2.24, 2.45) is 0 Å². The highest BCUT2D eigenvalue weighted by Crippen LogP contribution is 2.32. The Kier molecular flexibility index (Phi) is 4.84. The van der Waals surface area contributed by atoms with Crippen LogP contribution in [0.15, 0.2) is 35.6 Å². The molecule has 0 fully saturated rings. The highest BCUT2D eigenvalue weighted by atomic mass is 35.5. The first-order valence-electron chi connectivity index (χ1n) is 8.28. The predicted molar refractivity (Wildman–Crippen MR) is 100 cm³/mol. The van der Waals surface area contributed by atoms with Crippen molar-refractivity contribution in [1.29, 1.82) is 0 Å². The molecule has 0 spiro atoms. The number of esters is 1. The fourth-order valence-electron chi connectivity index (χ4n) is 3.08. The SMILES string of the molecule is COC(=O)CSc1nc2nc3c(cn2n1)C(=O)C[C@@H](c1ccc(Cl)cc1)C3.